The third kappa shape index (κ3) is 4.87. The molecule has 0 amide bonds. The summed E-state index contributed by atoms with van der Waals surface area (Å²) in [4.78, 5) is 19.4. The van der Waals surface area contributed by atoms with Gasteiger partial charge >= 0.3 is 0 Å². The fraction of sp³-hybridized carbons (Fsp3) is 0.158. The van der Waals surface area contributed by atoms with Crippen LogP contribution >= 0.6 is 0 Å². The average molecular weight is 559 g/mol. The van der Waals surface area contributed by atoms with Gasteiger partial charge in [0.2, 0.25) is 0 Å². The van der Waals surface area contributed by atoms with Crippen molar-refractivity contribution in [2.24, 2.45) is 4.99 Å². The van der Waals surface area contributed by atoms with E-state index >= 15 is 0 Å². The van der Waals surface area contributed by atoms with E-state index in [1.54, 1.807) is 0 Å². The molecule has 0 saturated carbocycles. The number of fused-ring (bicyclic) bond motifs is 3. The van der Waals surface area contributed by atoms with Crippen LogP contribution in [0.3, 0.4) is 0 Å². The largest absolute Gasteiger partial charge is 0.485 e. The summed E-state index contributed by atoms with van der Waals surface area (Å²) in [6.07, 6.45) is 20.4. The maximum atomic E-state index is 6.49. The molecule has 0 spiro atoms. The third-order valence-corrected chi connectivity index (χ3v) is 8.51. The van der Waals surface area contributed by atoms with E-state index in [4.69, 9.17) is 19.7 Å². The van der Waals surface area contributed by atoms with E-state index in [1.807, 2.05) is 30.6 Å². The number of hydrogen-bond donors (Lipinski definition) is 0. The van der Waals surface area contributed by atoms with Crippen molar-refractivity contribution >= 4 is 22.9 Å². The second-order valence-corrected chi connectivity index (χ2v) is 11.3. The molecule has 0 fully saturated rings. The number of allylic oxidation sites excluding steroid dienone is 7. The molecule has 4 aliphatic rings. The highest BCUT2D eigenvalue weighted by atomic mass is 16.5. The van der Waals surface area contributed by atoms with Crippen LogP contribution in [0.1, 0.15) is 54.4 Å². The van der Waals surface area contributed by atoms with E-state index in [-0.39, 0.29) is 6.10 Å². The van der Waals surface area contributed by atoms with Gasteiger partial charge in [0, 0.05) is 47.0 Å². The molecule has 3 heterocycles. The van der Waals surface area contributed by atoms with Gasteiger partial charge in [-0.05, 0) is 53.7 Å². The quantitative estimate of drug-likeness (QED) is 0.246. The van der Waals surface area contributed by atoms with Crippen molar-refractivity contribution in [3.8, 4) is 28.3 Å². The Morgan fingerprint density at radius 3 is 2.37 bits per heavy atom. The fourth-order valence-electron chi connectivity index (χ4n) is 6.26. The van der Waals surface area contributed by atoms with Crippen molar-refractivity contribution in [1.29, 1.82) is 0 Å². The van der Waals surface area contributed by atoms with Crippen LogP contribution in [0, 0.1) is 0 Å². The van der Waals surface area contributed by atoms with Crippen LogP contribution in [-0.4, -0.2) is 27.3 Å². The molecule has 2 atom stereocenters. The molecule has 2 aliphatic carbocycles. The molecule has 0 bridgehead atoms. The second-order valence-electron chi connectivity index (χ2n) is 11.3. The zero-order valence-corrected chi connectivity index (χ0v) is 23.7. The summed E-state index contributed by atoms with van der Waals surface area (Å²) in [6.45, 7) is 0. The topological polar surface area (TPSA) is 60.3 Å². The van der Waals surface area contributed by atoms with Crippen molar-refractivity contribution in [1.82, 2.24) is 15.0 Å². The molecular weight excluding hydrogens is 528 g/mol. The number of rotatable bonds is 5. The lowest BCUT2D eigenvalue weighted by molar-refractivity contribution is 0.279. The minimum Gasteiger partial charge on any atom is -0.485 e. The summed E-state index contributed by atoms with van der Waals surface area (Å²) in [7, 11) is 0. The van der Waals surface area contributed by atoms with Crippen molar-refractivity contribution < 1.29 is 4.74 Å². The first-order valence-corrected chi connectivity index (χ1v) is 15.0. The number of aliphatic imine (C=N–C) groups is 1. The van der Waals surface area contributed by atoms with Gasteiger partial charge in [-0.2, -0.15) is 0 Å². The molecule has 0 radical (unpaired) electrons. The van der Waals surface area contributed by atoms with Crippen molar-refractivity contribution in [3.05, 3.63) is 138 Å². The summed E-state index contributed by atoms with van der Waals surface area (Å²) in [5.41, 5.74) is 8.99. The third-order valence-electron chi connectivity index (χ3n) is 8.51. The number of hydrogen-bond acceptors (Lipinski definition) is 5. The summed E-state index contributed by atoms with van der Waals surface area (Å²) >= 11 is 0. The van der Waals surface area contributed by atoms with E-state index in [2.05, 4.69) is 96.0 Å². The highest BCUT2D eigenvalue weighted by Gasteiger charge is 2.34. The Hall–Kier alpha value is -5.16. The minimum absolute atomic E-state index is 0.0662. The fourth-order valence-corrected chi connectivity index (χ4v) is 6.26. The highest BCUT2D eigenvalue weighted by Crippen LogP contribution is 2.46. The molecule has 2 unspecified atom stereocenters. The van der Waals surface area contributed by atoms with Gasteiger partial charge < -0.3 is 4.74 Å². The lowest BCUT2D eigenvalue weighted by atomic mass is 9.88. The zero-order chi connectivity index (χ0) is 28.6. The Balaban J connectivity index is 1.22. The molecule has 0 saturated heterocycles. The van der Waals surface area contributed by atoms with Crippen LogP contribution in [0.5, 0.6) is 5.75 Å². The number of benzene rings is 3. The molecule has 2 aliphatic heterocycles. The zero-order valence-electron chi connectivity index (χ0n) is 23.7. The normalized spacial score (nSPS) is 20.0. The van der Waals surface area contributed by atoms with Crippen molar-refractivity contribution in [2.75, 3.05) is 0 Å². The summed E-state index contributed by atoms with van der Waals surface area (Å²) in [5, 5.41) is 0. The molecular formula is C38H30N4O. The van der Waals surface area contributed by atoms with Crippen molar-refractivity contribution in [3.63, 3.8) is 0 Å². The van der Waals surface area contributed by atoms with Crippen LogP contribution in [0.2, 0.25) is 0 Å². The number of aromatic nitrogens is 3. The standard InChI is InChI=1S/C38H30N4O/c1-3-9-27(10-4-1)36-40-37(28-11-5-2-6-12-28)42-38(41-36)31-14-7-15-34-35(31)32-23-29(20-21-33(32)43-34)25-16-18-26(19-17-25)30-13-8-22-39-24-30/h1-5,7-11,14,16-24,30,34H,6,12-13,15H2. The first-order valence-electron chi connectivity index (χ1n) is 15.0. The highest BCUT2D eigenvalue weighted by molar-refractivity contribution is 6.00. The van der Waals surface area contributed by atoms with Gasteiger partial charge in [-0.25, -0.2) is 15.0 Å². The van der Waals surface area contributed by atoms with E-state index in [1.165, 1.54) is 11.1 Å². The maximum Gasteiger partial charge on any atom is 0.164 e. The summed E-state index contributed by atoms with van der Waals surface area (Å²) < 4.78 is 6.49. The van der Waals surface area contributed by atoms with Gasteiger partial charge in [-0.15, -0.1) is 0 Å². The minimum atomic E-state index is -0.0662. The molecule has 4 aromatic rings. The van der Waals surface area contributed by atoms with E-state index in [9.17, 15) is 0 Å². The van der Waals surface area contributed by atoms with E-state index < -0.39 is 0 Å². The smallest absolute Gasteiger partial charge is 0.164 e. The van der Waals surface area contributed by atoms with E-state index in [0.29, 0.717) is 17.6 Å². The number of ether oxygens (including phenoxy) is 1. The average Bonchev–Trinajstić information content (AvgIpc) is 3.47. The van der Waals surface area contributed by atoms with Gasteiger partial charge in [-0.3, -0.25) is 4.99 Å². The SMILES string of the molecule is C1=CCCC(c2nc(C3=C4c5cc(-c6ccc(C7C=NC=CC7)cc6)ccc5OC4CC=C3)nc(-c3ccccc3)n2)=C1. The predicted molar refractivity (Wildman–Crippen MR) is 173 cm³/mol. The summed E-state index contributed by atoms with van der Waals surface area (Å²) in [6, 6.07) is 25.6. The molecule has 0 N–H and O–H groups in total. The molecule has 3 aromatic carbocycles. The van der Waals surface area contributed by atoms with Gasteiger partial charge in [0.1, 0.15) is 11.9 Å². The second kappa shape index (κ2) is 10.9. The van der Waals surface area contributed by atoms with Crippen LogP contribution in [0.15, 0.2) is 120 Å². The van der Waals surface area contributed by atoms with Crippen LogP contribution in [-0.2, 0) is 0 Å². The lowest BCUT2D eigenvalue weighted by Gasteiger charge is -2.19. The van der Waals surface area contributed by atoms with Crippen LogP contribution < -0.4 is 4.74 Å². The Morgan fingerprint density at radius 2 is 1.56 bits per heavy atom. The monoisotopic (exact) mass is 558 g/mol. The molecule has 5 heteroatoms. The maximum absolute atomic E-state index is 6.49. The Labute approximate surface area is 251 Å². The van der Waals surface area contributed by atoms with Crippen LogP contribution in [0.25, 0.3) is 39.2 Å². The number of nitrogens with zero attached hydrogens (tertiary/aromatic N) is 4. The van der Waals surface area contributed by atoms with Crippen LogP contribution in [0.4, 0.5) is 0 Å². The van der Waals surface area contributed by atoms with Gasteiger partial charge in [0.15, 0.2) is 17.5 Å². The van der Waals surface area contributed by atoms with Gasteiger partial charge in [0.05, 0.1) is 0 Å². The predicted octanol–water partition coefficient (Wildman–Crippen LogP) is 8.64. The Kier molecular flexibility index (Phi) is 6.48. The molecule has 1 aromatic heterocycles. The lowest BCUT2D eigenvalue weighted by Crippen LogP contribution is -2.16. The van der Waals surface area contributed by atoms with E-state index in [0.717, 1.165) is 70.7 Å². The summed E-state index contributed by atoms with van der Waals surface area (Å²) in [5.74, 6) is 3.35. The van der Waals surface area contributed by atoms with Gasteiger partial charge in [0.25, 0.3) is 0 Å². The molecule has 8 rings (SSSR count). The Morgan fingerprint density at radius 1 is 0.721 bits per heavy atom. The Bertz CT molecular complexity index is 1890. The molecule has 5 nitrogen and oxygen atoms in total. The molecule has 43 heavy (non-hydrogen) atoms. The first kappa shape index (κ1) is 25.5. The molecule has 208 valence electrons. The van der Waals surface area contributed by atoms with Crippen molar-refractivity contribution in [2.45, 2.75) is 37.7 Å². The van der Waals surface area contributed by atoms with Gasteiger partial charge in [-0.1, -0.05) is 97.1 Å². The first-order chi connectivity index (χ1) is 21.3.